The second kappa shape index (κ2) is 8.36. The average Bonchev–Trinajstić information content (AvgIpc) is 2.45. The number of rotatable bonds is 9. The van der Waals surface area contributed by atoms with E-state index in [9.17, 15) is 8.42 Å². The Morgan fingerprint density at radius 1 is 1.24 bits per heavy atom. The highest BCUT2D eigenvalue weighted by Gasteiger charge is 2.18. The molecular weight excluding hydrogens is 288 g/mol. The summed E-state index contributed by atoms with van der Waals surface area (Å²) in [6, 6.07) is 4.91. The van der Waals surface area contributed by atoms with Crippen molar-refractivity contribution in [3.05, 3.63) is 23.8 Å². The molecule has 1 unspecified atom stereocenters. The van der Waals surface area contributed by atoms with Gasteiger partial charge in [-0.3, -0.25) is 0 Å². The molecule has 21 heavy (non-hydrogen) atoms. The molecule has 0 aliphatic carbocycles. The predicted octanol–water partition coefficient (Wildman–Crippen LogP) is 2.27. The lowest BCUT2D eigenvalue weighted by Crippen LogP contribution is -2.32. The van der Waals surface area contributed by atoms with Crippen LogP contribution >= 0.6 is 0 Å². The number of benzene rings is 1. The molecule has 1 rings (SSSR count). The van der Waals surface area contributed by atoms with Crippen LogP contribution in [0.15, 0.2) is 23.1 Å². The van der Waals surface area contributed by atoms with E-state index in [-0.39, 0.29) is 10.9 Å². The Morgan fingerprint density at radius 2 is 1.95 bits per heavy atom. The third-order valence-electron chi connectivity index (χ3n) is 3.18. The van der Waals surface area contributed by atoms with Crippen LogP contribution in [0.1, 0.15) is 39.7 Å². The molecule has 0 aliphatic rings. The van der Waals surface area contributed by atoms with Crippen molar-refractivity contribution in [3.63, 3.8) is 0 Å². The van der Waals surface area contributed by atoms with Crippen LogP contribution in [0.25, 0.3) is 0 Å². The van der Waals surface area contributed by atoms with Gasteiger partial charge in [-0.2, -0.15) is 0 Å². The van der Waals surface area contributed by atoms with E-state index in [0.29, 0.717) is 13.2 Å². The summed E-state index contributed by atoms with van der Waals surface area (Å²) in [5.74, 6) is 0.723. The fourth-order valence-electron chi connectivity index (χ4n) is 1.83. The lowest BCUT2D eigenvalue weighted by Gasteiger charge is -2.15. The van der Waals surface area contributed by atoms with Gasteiger partial charge >= 0.3 is 0 Å². The van der Waals surface area contributed by atoms with Crippen LogP contribution in [0.2, 0.25) is 0 Å². The van der Waals surface area contributed by atoms with E-state index in [1.54, 1.807) is 18.2 Å². The molecule has 5 nitrogen and oxygen atoms in total. The third kappa shape index (κ3) is 5.30. The third-order valence-corrected chi connectivity index (χ3v) is 4.76. The Bertz CT molecular complexity index is 544. The zero-order valence-corrected chi connectivity index (χ0v) is 14.1. The molecule has 0 amide bonds. The Labute approximate surface area is 128 Å². The Balaban J connectivity index is 3.08. The Kier molecular flexibility index (Phi) is 7.14. The lowest BCUT2D eigenvalue weighted by molar-refractivity contribution is 0.335. The first-order chi connectivity index (χ1) is 9.94. The highest BCUT2D eigenvalue weighted by Crippen LogP contribution is 2.23. The van der Waals surface area contributed by atoms with Crippen LogP contribution in [-0.2, 0) is 16.6 Å². The summed E-state index contributed by atoms with van der Waals surface area (Å²) < 4.78 is 32.9. The maximum Gasteiger partial charge on any atom is 0.240 e. The Hall–Kier alpha value is -1.11. The van der Waals surface area contributed by atoms with E-state index in [1.807, 2.05) is 27.7 Å². The maximum atomic E-state index is 12.3. The predicted molar refractivity (Wildman–Crippen MR) is 85.1 cm³/mol. The molecular formula is C15H26N2O3S. The van der Waals surface area contributed by atoms with E-state index in [2.05, 4.69) is 10.0 Å². The van der Waals surface area contributed by atoms with Gasteiger partial charge in [-0.15, -0.1) is 0 Å². The second-order valence-corrected chi connectivity index (χ2v) is 6.63. The molecule has 0 radical (unpaired) electrons. The molecule has 2 N–H and O–H groups in total. The molecule has 0 fully saturated rings. The average molecular weight is 314 g/mol. The van der Waals surface area contributed by atoms with E-state index in [4.69, 9.17) is 4.74 Å². The minimum atomic E-state index is -3.48. The molecule has 1 aromatic rings. The molecule has 0 saturated heterocycles. The van der Waals surface area contributed by atoms with Crippen molar-refractivity contribution < 1.29 is 13.2 Å². The van der Waals surface area contributed by atoms with Crippen molar-refractivity contribution in [2.45, 2.75) is 51.6 Å². The van der Waals surface area contributed by atoms with E-state index >= 15 is 0 Å². The van der Waals surface area contributed by atoms with Gasteiger partial charge in [0.25, 0.3) is 0 Å². The summed E-state index contributed by atoms with van der Waals surface area (Å²) in [5.41, 5.74) is 0.853. The number of sulfonamides is 1. The summed E-state index contributed by atoms with van der Waals surface area (Å²) in [6.07, 6.45) is 0.751. The van der Waals surface area contributed by atoms with Crippen LogP contribution < -0.4 is 14.8 Å². The van der Waals surface area contributed by atoms with Crippen molar-refractivity contribution in [1.82, 2.24) is 10.0 Å². The summed E-state index contributed by atoms with van der Waals surface area (Å²) in [5, 5.41) is 3.20. The summed E-state index contributed by atoms with van der Waals surface area (Å²) in [7, 11) is -3.48. The van der Waals surface area contributed by atoms with Gasteiger partial charge in [0, 0.05) is 18.2 Å². The van der Waals surface area contributed by atoms with Gasteiger partial charge in [-0.1, -0.05) is 13.8 Å². The van der Waals surface area contributed by atoms with Crippen LogP contribution in [-0.4, -0.2) is 27.6 Å². The van der Waals surface area contributed by atoms with Crippen LogP contribution in [0.4, 0.5) is 0 Å². The number of hydrogen-bond donors (Lipinski definition) is 2. The van der Waals surface area contributed by atoms with Crippen LogP contribution in [0.5, 0.6) is 5.75 Å². The van der Waals surface area contributed by atoms with Gasteiger partial charge in [-0.05, 0) is 45.0 Å². The van der Waals surface area contributed by atoms with Gasteiger partial charge in [0.15, 0.2) is 0 Å². The van der Waals surface area contributed by atoms with Crippen LogP contribution in [0, 0.1) is 0 Å². The van der Waals surface area contributed by atoms with Gasteiger partial charge in [-0.25, -0.2) is 13.1 Å². The quantitative estimate of drug-likeness (QED) is 0.734. The number of ether oxygens (including phenoxy) is 1. The zero-order chi connectivity index (χ0) is 15.9. The largest absolute Gasteiger partial charge is 0.494 e. The van der Waals surface area contributed by atoms with E-state index in [0.717, 1.165) is 24.3 Å². The van der Waals surface area contributed by atoms with Gasteiger partial charge in [0.2, 0.25) is 10.0 Å². The highest BCUT2D eigenvalue weighted by molar-refractivity contribution is 7.89. The molecule has 0 bridgehead atoms. The topological polar surface area (TPSA) is 67.4 Å². The first-order valence-electron chi connectivity index (χ1n) is 7.43. The van der Waals surface area contributed by atoms with Crippen molar-refractivity contribution in [2.75, 3.05) is 13.2 Å². The smallest absolute Gasteiger partial charge is 0.240 e. The maximum absolute atomic E-state index is 12.3. The highest BCUT2D eigenvalue weighted by atomic mass is 32.2. The second-order valence-electron chi connectivity index (χ2n) is 4.91. The van der Waals surface area contributed by atoms with E-state index in [1.165, 1.54) is 0 Å². The Morgan fingerprint density at radius 3 is 2.52 bits per heavy atom. The van der Waals surface area contributed by atoms with E-state index < -0.39 is 10.0 Å². The zero-order valence-electron chi connectivity index (χ0n) is 13.3. The molecule has 0 spiro atoms. The fraction of sp³-hybridized carbons (Fsp3) is 0.600. The molecule has 0 aliphatic heterocycles. The summed E-state index contributed by atoms with van der Waals surface area (Å²) in [4.78, 5) is 0.277. The molecule has 120 valence electrons. The SMILES string of the molecule is CCNCc1cc(S(=O)(=O)NC(C)CC)ccc1OCC. The molecule has 1 atom stereocenters. The summed E-state index contributed by atoms with van der Waals surface area (Å²) in [6.45, 7) is 9.66. The molecule has 1 aromatic carbocycles. The fourth-order valence-corrected chi connectivity index (χ4v) is 3.21. The van der Waals surface area contributed by atoms with Crippen LogP contribution in [0.3, 0.4) is 0 Å². The van der Waals surface area contributed by atoms with Gasteiger partial charge in [0.05, 0.1) is 11.5 Å². The van der Waals surface area contributed by atoms with Crippen molar-refractivity contribution in [1.29, 1.82) is 0 Å². The molecule has 0 heterocycles. The monoisotopic (exact) mass is 314 g/mol. The van der Waals surface area contributed by atoms with Gasteiger partial charge in [0.1, 0.15) is 5.75 Å². The summed E-state index contributed by atoms with van der Waals surface area (Å²) >= 11 is 0. The first-order valence-corrected chi connectivity index (χ1v) is 8.91. The van der Waals surface area contributed by atoms with Crippen molar-refractivity contribution in [2.24, 2.45) is 0 Å². The minimum absolute atomic E-state index is 0.0845. The number of hydrogen-bond acceptors (Lipinski definition) is 4. The number of nitrogens with one attached hydrogen (secondary N) is 2. The van der Waals surface area contributed by atoms with Crippen molar-refractivity contribution in [3.8, 4) is 5.75 Å². The molecule has 6 heteroatoms. The molecule has 0 saturated carbocycles. The first kappa shape index (κ1) is 17.9. The standard InChI is InChI=1S/C15H26N2O3S/c1-5-12(4)17-21(18,19)14-8-9-15(20-7-3)13(10-14)11-16-6-2/h8-10,12,16-17H,5-7,11H2,1-4H3. The lowest BCUT2D eigenvalue weighted by atomic mass is 10.2. The molecule has 0 aromatic heterocycles. The van der Waals surface area contributed by atoms with Crippen molar-refractivity contribution >= 4 is 10.0 Å². The normalized spacial score (nSPS) is 13.1. The van der Waals surface area contributed by atoms with Gasteiger partial charge < -0.3 is 10.1 Å². The minimum Gasteiger partial charge on any atom is -0.494 e.